The first-order valence-corrected chi connectivity index (χ1v) is 6.42. The molecule has 0 radical (unpaired) electrons. The van der Waals surface area contributed by atoms with Crippen molar-refractivity contribution < 1.29 is 14.3 Å². The summed E-state index contributed by atoms with van der Waals surface area (Å²) in [5.41, 5.74) is 2.36. The van der Waals surface area contributed by atoms with E-state index >= 15 is 0 Å². The minimum absolute atomic E-state index is 0.117. The van der Waals surface area contributed by atoms with Crippen LogP contribution in [0.5, 0.6) is 0 Å². The van der Waals surface area contributed by atoms with Gasteiger partial charge in [-0.2, -0.15) is 0 Å². The smallest absolute Gasteiger partial charge is 0.313 e. The average Bonchev–Trinajstić information content (AvgIpc) is 2.28. The molecule has 0 bridgehead atoms. The Hall–Kier alpha value is -1.68. The van der Waals surface area contributed by atoms with Gasteiger partial charge in [-0.1, -0.05) is 29.8 Å². The van der Waals surface area contributed by atoms with E-state index in [-0.39, 0.29) is 18.7 Å². The van der Waals surface area contributed by atoms with Crippen molar-refractivity contribution in [2.75, 3.05) is 20.2 Å². The number of hydrogen-bond acceptors (Lipinski definition) is 4. The maximum atomic E-state index is 11.7. The Labute approximate surface area is 114 Å². The van der Waals surface area contributed by atoms with Gasteiger partial charge < -0.3 is 4.74 Å². The Balaban J connectivity index is 2.40. The van der Waals surface area contributed by atoms with Crippen LogP contribution < -0.4 is 0 Å². The van der Waals surface area contributed by atoms with Crippen molar-refractivity contribution >= 4 is 11.8 Å². The lowest BCUT2D eigenvalue weighted by molar-refractivity contribution is -0.145. The van der Waals surface area contributed by atoms with Crippen LogP contribution >= 0.6 is 0 Å². The lowest BCUT2D eigenvalue weighted by atomic mass is 10.1. The number of carbonyl (C=O) groups is 2. The summed E-state index contributed by atoms with van der Waals surface area (Å²) in [5, 5.41) is 0. The van der Waals surface area contributed by atoms with E-state index in [1.807, 2.05) is 37.1 Å². The highest BCUT2D eigenvalue weighted by Gasteiger charge is 2.12. The van der Waals surface area contributed by atoms with E-state index in [4.69, 9.17) is 4.74 Å². The summed E-state index contributed by atoms with van der Waals surface area (Å²) in [4.78, 5) is 24.7. The quantitative estimate of drug-likeness (QED) is 0.557. The van der Waals surface area contributed by atoms with Crippen molar-refractivity contribution in [1.29, 1.82) is 0 Å². The Morgan fingerprint density at radius 3 is 2.68 bits per heavy atom. The predicted octanol–water partition coefficient (Wildman–Crippen LogP) is 1.95. The zero-order valence-corrected chi connectivity index (χ0v) is 11.8. The molecule has 1 rings (SSSR count). The monoisotopic (exact) mass is 263 g/mol. The van der Waals surface area contributed by atoms with Crippen molar-refractivity contribution in [3.63, 3.8) is 0 Å². The number of Topliss-reactive ketones (excluding diaryl/α,β-unsaturated/α-hetero) is 1. The summed E-state index contributed by atoms with van der Waals surface area (Å²) in [6, 6.07) is 8.15. The summed E-state index contributed by atoms with van der Waals surface area (Å²) < 4.78 is 4.75. The number of ketones is 1. The third-order valence-electron chi connectivity index (χ3n) is 2.63. The summed E-state index contributed by atoms with van der Waals surface area (Å²) in [6.45, 7) is 5.02. The van der Waals surface area contributed by atoms with Crippen molar-refractivity contribution in [3.05, 3.63) is 35.4 Å². The number of carbonyl (C=O) groups excluding carboxylic acids is 2. The minimum Gasteiger partial charge on any atom is -0.466 e. The number of esters is 1. The average molecular weight is 263 g/mol. The lowest BCUT2D eigenvalue weighted by Gasteiger charge is -2.15. The lowest BCUT2D eigenvalue weighted by Crippen LogP contribution is -2.27. The van der Waals surface area contributed by atoms with Gasteiger partial charge in [0.15, 0.2) is 5.78 Å². The number of hydrogen-bond donors (Lipinski definition) is 0. The minimum atomic E-state index is -0.448. The van der Waals surface area contributed by atoms with E-state index < -0.39 is 5.97 Å². The van der Waals surface area contributed by atoms with Gasteiger partial charge in [0.1, 0.15) is 6.42 Å². The summed E-state index contributed by atoms with van der Waals surface area (Å²) in [5.74, 6) is -0.565. The first kappa shape index (κ1) is 15.4. The molecular weight excluding hydrogens is 242 g/mol. The first-order valence-electron chi connectivity index (χ1n) is 6.42. The molecular formula is C15H21NO3. The molecule has 0 heterocycles. The van der Waals surface area contributed by atoms with Gasteiger partial charge in [-0.15, -0.1) is 0 Å². The van der Waals surface area contributed by atoms with E-state index in [2.05, 4.69) is 6.07 Å². The topological polar surface area (TPSA) is 46.6 Å². The van der Waals surface area contributed by atoms with Gasteiger partial charge in [-0.05, 0) is 26.5 Å². The van der Waals surface area contributed by atoms with E-state index in [0.717, 1.165) is 5.56 Å². The van der Waals surface area contributed by atoms with Crippen LogP contribution in [0.3, 0.4) is 0 Å². The Morgan fingerprint density at radius 2 is 2.05 bits per heavy atom. The van der Waals surface area contributed by atoms with Crippen molar-refractivity contribution in [3.8, 4) is 0 Å². The van der Waals surface area contributed by atoms with Crippen LogP contribution in [0.15, 0.2) is 24.3 Å². The number of likely N-dealkylation sites (N-methyl/N-ethyl adjacent to an activating group) is 1. The summed E-state index contributed by atoms with van der Waals surface area (Å²) in [7, 11) is 1.87. The molecule has 0 aliphatic heterocycles. The van der Waals surface area contributed by atoms with E-state index in [0.29, 0.717) is 13.2 Å². The van der Waals surface area contributed by atoms with Crippen LogP contribution in [-0.4, -0.2) is 36.9 Å². The molecule has 1 aromatic rings. The SMILES string of the molecule is CCOC(=O)CC(=O)CN(C)Cc1cccc(C)c1. The molecule has 0 amide bonds. The fraction of sp³-hybridized carbons (Fsp3) is 0.467. The molecule has 0 aliphatic carbocycles. The van der Waals surface area contributed by atoms with Crippen molar-refractivity contribution in [2.24, 2.45) is 0 Å². The van der Waals surface area contributed by atoms with Gasteiger partial charge in [-0.25, -0.2) is 0 Å². The molecule has 0 unspecified atom stereocenters. The zero-order valence-electron chi connectivity index (χ0n) is 11.8. The molecule has 0 N–H and O–H groups in total. The fourth-order valence-corrected chi connectivity index (χ4v) is 1.91. The second-order valence-electron chi connectivity index (χ2n) is 4.68. The second-order valence-corrected chi connectivity index (χ2v) is 4.68. The van der Waals surface area contributed by atoms with Gasteiger partial charge >= 0.3 is 5.97 Å². The van der Waals surface area contributed by atoms with Crippen molar-refractivity contribution in [1.82, 2.24) is 4.90 Å². The summed E-state index contributed by atoms with van der Waals surface area (Å²) >= 11 is 0. The largest absolute Gasteiger partial charge is 0.466 e. The van der Waals surface area contributed by atoms with Crippen LogP contribution in [0, 0.1) is 6.92 Å². The van der Waals surface area contributed by atoms with Gasteiger partial charge in [-0.3, -0.25) is 14.5 Å². The Morgan fingerprint density at radius 1 is 1.32 bits per heavy atom. The molecule has 4 nitrogen and oxygen atoms in total. The normalized spacial score (nSPS) is 10.5. The summed E-state index contributed by atoms with van der Waals surface area (Å²) in [6.07, 6.45) is -0.147. The first-order chi connectivity index (χ1) is 9.01. The highest BCUT2D eigenvalue weighted by atomic mass is 16.5. The molecule has 0 saturated heterocycles. The molecule has 1 aromatic carbocycles. The number of aryl methyl sites for hydroxylation is 1. The van der Waals surface area contributed by atoms with E-state index in [1.165, 1.54) is 5.56 Å². The second kappa shape index (κ2) is 7.69. The van der Waals surface area contributed by atoms with Crippen LogP contribution in [0.25, 0.3) is 0 Å². The highest BCUT2D eigenvalue weighted by Crippen LogP contribution is 2.06. The maximum absolute atomic E-state index is 11.7. The molecule has 0 saturated carbocycles. The predicted molar refractivity (Wildman–Crippen MR) is 73.8 cm³/mol. The third-order valence-corrected chi connectivity index (χ3v) is 2.63. The molecule has 0 fully saturated rings. The van der Waals surface area contributed by atoms with Crippen LogP contribution in [-0.2, 0) is 20.9 Å². The third kappa shape index (κ3) is 6.15. The van der Waals surface area contributed by atoms with Gasteiger partial charge in [0.2, 0.25) is 0 Å². The maximum Gasteiger partial charge on any atom is 0.313 e. The van der Waals surface area contributed by atoms with Gasteiger partial charge in [0.25, 0.3) is 0 Å². The molecule has 19 heavy (non-hydrogen) atoms. The molecule has 0 aromatic heterocycles. The molecule has 0 spiro atoms. The van der Waals surface area contributed by atoms with Gasteiger partial charge in [0.05, 0.1) is 13.2 Å². The number of nitrogens with zero attached hydrogens (tertiary/aromatic N) is 1. The van der Waals surface area contributed by atoms with Gasteiger partial charge in [0, 0.05) is 6.54 Å². The standard InChI is InChI=1S/C15H21NO3/c1-4-19-15(18)9-14(17)11-16(3)10-13-7-5-6-12(2)8-13/h5-8H,4,9-11H2,1-3H3. The highest BCUT2D eigenvalue weighted by molar-refractivity contribution is 5.96. The molecule has 4 heteroatoms. The van der Waals surface area contributed by atoms with Crippen LogP contribution in [0.2, 0.25) is 0 Å². The fourth-order valence-electron chi connectivity index (χ4n) is 1.91. The Bertz CT molecular complexity index is 443. The number of ether oxygens (including phenoxy) is 1. The Kier molecular flexibility index (Phi) is 6.22. The van der Waals surface area contributed by atoms with Crippen molar-refractivity contribution in [2.45, 2.75) is 26.8 Å². The number of benzene rings is 1. The number of rotatable bonds is 7. The van der Waals surface area contributed by atoms with Crippen LogP contribution in [0.4, 0.5) is 0 Å². The van der Waals surface area contributed by atoms with E-state index in [9.17, 15) is 9.59 Å². The van der Waals surface area contributed by atoms with Crippen LogP contribution in [0.1, 0.15) is 24.5 Å². The zero-order chi connectivity index (χ0) is 14.3. The van der Waals surface area contributed by atoms with E-state index in [1.54, 1.807) is 6.92 Å². The molecule has 0 atom stereocenters. The molecule has 104 valence electrons. The molecule has 0 aliphatic rings.